The molecule has 4 heteroatoms. The number of hydrogen-bond donors (Lipinski definition) is 0. The summed E-state index contributed by atoms with van der Waals surface area (Å²) in [5, 5.41) is 0. The Morgan fingerprint density at radius 2 is 2.04 bits per heavy atom. The molecule has 1 atom stereocenters. The Morgan fingerprint density at radius 3 is 2.83 bits per heavy atom. The Bertz CT molecular complexity index is 659. The maximum absolute atomic E-state index is 12.9. The number of thioether (sulfide) groups is 1. The molecule has 1 aliphatic heterocycles. The fourth-order valence-corrected chi connectivity index (χ4v) is 3.83. The standard InChI is InChI=1S/C19H22N2OS/c1-23-18-7-3-2-6-17(18)19(22)16-5-4-12-21(14-16)13-15-8-10-20-11-9-15/h2-3,6-11,16H,4-5,12-14H2,1H3/t16-/m1/s1. The van der Waals surface area contributed by atoms with Crippen LogP contribution in [0.4, 0.5) is 0 Å². The number of hydrogen-bond acceptors (Lipinski definition) is 4. The second-order valence-electron chi connectivity index (χ2n) is 5.99. The van der Waals surface area contributed by atoms with E-state index in [9.17, 15) is 4.79 Å². The summed E-state index contributed by atoms with van der Waals surface area (Å²) in [4.78, 5) is 20.5. The van der Waals surface area contributed by atoms with Crippen LogP contribution in [0.3, 0.4) is 0 Å². The van der Waals surface area contributed by atoms with Crippen LogP contribution in [0, 0.1) is 5.92 Å². The third-order valence-electron chi connectivity index (χ3n) is 4.40. The van der Waals surface area contributed by atoms with Crippen molar-refractivity contribution in [2.24, 2.45) is 5.92 Å². The summed E-state index contributed by atoms with van der Waals surface area (Å²) in [5.41, 5.74) is 2.15. The molecule has 2 aromatic rings. The van der Waals surface area contributed by atoms with E-state index in [0.29, 0.717) is 5.78 Å². The number of ketones is 1. The van der Waals surface area contributed by atoms with Crippen molar-refractivity contribution in [2.45, 2.75) is 24.3 Å². The molecule has 0 bridgehead atoms. The molecule has 1 saturated heterocycles. The molecule has 3 nitrogen and oxygen atoms in total. The fourth-order valence-electron chi connectivity index (χ4n) is 3.23. The van der Waals surface area contributed by atoms with Crippen molar-refractivity contribution >= 4 is 17.5 Å². The van der Waals surface area contributed by atoms with Gasteiger partial charge in [-0.1, -0.05) is 18.2 Å². The fraction of sp³-hybridized carbons (Fsp3) is 0.368. The zero-order valence-electron chi connectivity index (χ0n) is 13.4. The van der Waals surface area contributed by atoms with E-state index in [0.717, 1.165) is 42.9 Å². The summed E-state index contributed by atoms with van der Waals surface area (Å²) in [6, 6.07) is 12.1. The highest BCUT2D eigenvalue weighted by molar-refractivity contribution is 7.98. The van der Waals surface area contributed by atoms with Gasteiger partial charge in [-0.25, -0.2) is 0 Å². The smallest absolute Gasteiger partial charge is 0.168 e. The van der Waals surface area contributed by atoms with Gasteiger partial charge in [-0.05, 0) is 49.4 Å². The molecule has 0 N–H and O–H groups in total. The van der Waals surface area contributed by atoms with Crippen LogP contribution in [0.2, 0.25) is 0 Å². The molecule has 2 heterocycles. The average molecular weight is 326 g/mol. The lowest BCUT2D eigenvalue weighted by Crippen LogP contribution is -2.38. The van der Waals surface area contributed by atoms with Gasteiger partial charge in [-0.15, -0.1) is 11.8 Å². The van der Waals surface area contributed by atoms with Gasteiger partial charge in [-0.3, -0.25) is 14.7 Å². The second-order valence-corrected chi connectivity index (χ2v) is 6.84. The number of pyridine rings is 1. The molecule has 120 valence electrons. The summed E-state index contributed by atoms with van der Waals surface area (Å²) in [6.07, 6.45) is 7.77. The molecule has 1 aliphatic rings. The van der Waals surface area contributed by atoms with Crippen molar-refractivity contribution in [1.82, 2.24) is 9.88 Å². The van der Waals surface area contributed by atoms with Crippen molar-refractivity contribution in [3.63, 3.8) is 0 Å². The Morgan fingerprint density at radius 1 is 1.26 bits per heavy atom. The van der Waals surface area contributed by atoms with Gasteiger partial charge in [0.1, 0.15) is 0 Å². The maximum atomic E-state index is 12.9. The highest BCUT2D eigenvalue weighted by Gasteiger charge is 2.27. The first-order valence-electron chi connectivity index (χ1n) is 8.06. The first-order chi connectivity index (χ1) is 11.3. The van der Waals surface area contributed by atoms with E-state index >= 15 is 0 Å². The number of rotatable bonds is 5. The zero-order chi connectivity index (χ0) is 16.1. The van der Waals surface area contributed by atoms with Crippen LogP contribution in [0.25, 0.3) is 0 Å². The Labute approximate surface area is 142 Å². The number of nitrogens with zero attached hydrogens (tertiary/aromatic N) is 2. The minimum atomic E-state index is 0.110. The van der Waals surface area contributed by atoms with Gasteiger partial charge < -0.3 is 0 Å². The van der Waals surface area contributed by atoms with E-state index in [4.69, 9.17) is 0 Å². The van der Waals surface area contributed by atoms with Crippen LogP contribution in [-0.4, -0.2) is 35.0 Å². The van der Waals surface area contributed by atoms with Gasteiger partial charge in [0.05, 0.1) is 0 Å². The Hall–Kier alpha value is -1.65. The summed E-state index contributed by atoms with van der Waals surface area (Å²) in [5.74, 6) is 0.410. The lowest BCUT2D eigenvalue weighted by atomic mass is 9.90. The predicted octanol–water partition coefficient (Wildman–Crippen LogP) is 3.90. The molecular formula is C19H22N2OS. The van der Waals surface area contributed by atoms with Crippen molar-refractivity contribution < 1.29 is 4.79 Å². The van der Waals surface area contributed by atoms with Crippen LogP contribution >= 0.6 is 11.8 Å². The third-order valence-corrected chi connectivity index (χ3v) is 5.20. The maximum Gasteiger partial charge on any atom is 0.168 e. The van der Waals surface area contributed by atoms with Crippen LogP contribution < -0.4 is 0 Å². The normalized spacial score (nSPS) is 18.7. The van der Waals surface area contributed by atoms with E-state index in [1.807, 2.05) is 42.9 Å². The molecular weight excluding hydrogens is 304 g/mol. The van der Waals surface area contributed by atoms with E-state index in [-0.39, 0.29) is 5.92 Å². The number of Topliss-reactive ketones (excluding diaryl/α,β-unsaturated/α-hetero) is 1. The SMILES string of the molecule is CSc1ccccc1C(=O)[C@@H]1CCCN(Cc2ccncc2)C1. The number of carbonyl (C=O) groups excluding carboxylic acids is 1. The van der Waals surface area contributed by atoms with E-state index < -0.39 is 0 Å². The summed E-state index contributed by atoms with van der Waals surface area (Å²) in [7, 11) is 0. The number of likely N-dealkylation sites (tertiary alicyclic amines) is 1. The number of aromatic nitrogens is 1. The first kappa shape index (κ1) is 16.2. The Balaban J connectivity index is 1.69. The number of carbonyl (C=O) groups is 1. The minimum Gasteiger partial charge on any atom is -0.298 e. The van der Waals surface area contributed by atoms with Crippen LogP contribution in [0.5, 0.6) is 0 Å². The van der Waals surface area contributed by atoms with Gasteiger partial charge >= 0.3 is 0 Å². The van der Waals surface area contributed by atoms with Crippen LogP contribution in [0.1, 0.15) is 28.8 Å². The van der Waals surface area contributed by atoms with Gasteiger partial charge in [-0.2, -0.15) is 0 Å². The molecule has 0 amide bonds. The highest BCUT2D eigenvalue weighted by Crippen LogP contribution is 2.27. The van der Waals surface area contributed by atoms with Gasteiger partial charge in [0.25, 0.3) is 0 Å². The predicted molar refractivity (Wildman–Crippen MR) is 94.8 cm³/mol. The van der Waals surface area contributed by atoms with E-state index in [1.54, 1.807) is 11.8 Å². The molecule has 1 aromatic carbocycles. The first-order valence-corrected chi connectivity index (χ1v) is 9.29. The van der Waals surface area contributed by atoms with Crippen LogP contribution in [0.15, 0.2) is 53.7 Å². The molecule has 0 spiro atoms. The molecule has 0 unspecified atom stereocenters. The minimum absolute atomic E-state index is 0.110. The molecule has 1 fully saturated rings. The van der Waals surface area contributed by atoms with Gasteiger partial charge in [0.15, 0.2) is 5.78 Å². The lowest BCUT2D eigenvalue weighted by Gasteiger charge is -2.32. The summed E-state index contributed by atoms with van der Waals surface area (Å²) in [6.45, 7) is 2.82. The summed E-state index contributed by atoms with van der Waals surface area (Å²) < 4.78 is 0. The van der Waals surface area contributed by atoms with Crippen molar-refractivity contribution in [1.29, 1.82) is 0 Å². The van der Waals surface area contributed by atoms with Gasteiger partial charge in [0.2, 0.25) is 0 Å². The highest BCUT2D eigenvalue weighted by atomic mass is 32.2. The molecule has 23 heavy (non-hydrogen) atoms. The molecule has 0 aliphatic carbocycles. The van der Waals surface area contributed by atoms with E-state index in [1.165, 1.54) is 5.56 Å². The topological polar surface area (TPSA) is 33.2 Å². The molecule has 1 aromatic heterocycles. The van der Waals surface area contributed by atoms with Crippen LogP contribution in [-0.2, 0) is 6.54 Å². The van der Waals surface area contributed by atoms with E-state index in [2.05, 4.69) is 22.0 Å². The summed E-state index contributed by atoms with van der Waals surface area (Å²) >= 11 is 1.65. The number of piperidine rings is 1. The van der Waals surface area contributed by atoms with Crippen molar-refractivity contribution in [3.8, 4) is 0 Å². The monoisotopic (exact) mass is 326 g/mol. The van der Waals surface area contributed by atoms with Gasteiger partial charge in [0, 0.05) is 41.9 Å². The zero-order valence-corrected chi connectivity index (χ0v) is 14.3. The molecule has 3 rings (SSSR count). The Kier molecular flexibility index (Phi) is 5.47. The largest absolute Gasteiger partial charge is 0.298 e. The third kappa shape index (κ3) is 4.01. The quantitative estimate of drug-likeness (QED) is 0.616. The second kappa shape index (κ2) is 7.75. The molecule has 0 saturated carbocycles. The molecule has 0 radical (unpaired) electrons. The van der Waals surface area contributed by atoms with Crippen molar-refractivity contribution in [2.75, 3.05) is 19.3 Å². The average Bonchev–Trinajstić information content (AvgIpc) is 2.62. The number of benzene rings is 1. The lowest BCUT2D eigenvalue weighted by molar-refractivity contribution is 0.0808. The van der Waals surface area contributed by atoms with Crippen molar-refractivity contribution in [3.05, 3.63) is 59.9 Å².